The van der Waals surface area contributed by atoms with Crippen LogP contribution in [0.3, 0.4) is 0 Å². The van der Waals surface area contributed by atoms with Gasteiger partial charge in [0.25, 0.3) is 17.5 Å². The Bertz CT molecular complexity index is 1370. The Morgan fingerprint density at radius 3 is 2.50 bits per heavy atom. The third-order valence-electron chi connectivity index (χ3n) is 4.68. The number of non-ortho nitro benzene ring substituents is 1. The molecule has 0 aliphatic carbocycles. The van der Waals surface area contributed by atoms with Crippen LogP contribution in [0.5, 0.6) is 11.5 Å². The molecule has 0 radical (unpaired) electrons. The van der Waals surface area contributed by atoms with Gasteiger partial charge >= 0.3 is 0 Å². The molecule has 0 aliphatic rings. The molecule has 0 fully saturated rings. The second kappa shape index (κ2) is 12.0. The lowest BCUT2D eigenvalue weighted by molar-refractivity contribution is -0.384. The summed E-state index contributed by atoms with van der Waals surface area (Å²) in [4.78, 5) is 35.3. The molecule has 2 amide bonds. The van der Waals surface area contributed by atoms with Crippen LogP contribution in [-0.4, -0.2) is 30.5 Å². The number of nitro groups is 1. The van der Waals surface area contributed by atoms with Crippen LogP contribution >= 0.6 is 11.6 Å². The largest absolute Gasteiger partial charge is 0.497 e. The van der Waals surface area contributed by atoms with Crippen molar-refractivity contribution in [2.75, 3.05) is 24.4 Å². The molecule has 182 valence electrons. The van der Waals surface area contributed by atoms with Crippen LogP contribution in [0.25, 0.3) is 6.08 Å². The number of carbonyl (C=O) groups is 2. The number of nitro benzene ring substituents is 1. The zero-order valence-electron chi connectivity index (χ0n) is 18.9. The smallest absolute Gasteiger partial charge is 0.271 e. The van der Waals surface area contributed by atoms with Gasteiger partial charge in [-0.3, -0.25) is 19.7 Å². The summed E-state index contributed by atoms with van der Waals surface area (Å²) in [5.41, 5.74) is 0.453. The lowest BCUT2D eigenvalue weighted by Gasteiger charge is -2.11. The molecule has 11 heteroatoms. The lowest BCUT2D eigenvalue weighted by Crippen LogP contribution is -2.20. The van der Waals surface area contributed by atoms with E-state index in [-0.39, 0.29) is 34.9 Å². The van der Waals surface area contributed by atoms with Crippen molar-refractivity contribution >= 4 is 46.6 Å². The summed E-state index contributed by atoms with van der Waals surface area (Å²) in [5.74, 6) is -0.375. The maximum absolute atomic E-state index is 12.6. The molecule has 0 aromatic heterocycles. The van der Waals surface area contributed by atoms with Gasteiger partial charge in [0.05, 0.1) is 12.0 Å². The van der Waals surface area contributed by atoms with Crippen molar-refractivity contribution in [3.8, 4) is 17.6 Å². The highest BCUT2D eigenvalue weighted by molar-refractivity contribution is 6.30. The molecule has 0 saturated carbocycles. The monoisotopic (exact) mass is 506 g/mol. The SMILES string of the molecule is COc1ccc(NC(=O)COc2ccc(Cl)cc2/C=C(/C#N)C(=O)Nc2cccc([N+](=O)[O-])c2)cc1. The quantitative estimate of drug-likeness (QED) is 0.183. The van der Waals surface area contributed by atoms with Crippen molar-refractivity contribution in [3.05, 3.63) is 93.0 Å². The van der Waals surface area contributed by atoms with E-state index >= 15 is 0 Å². The third kappa shape index (κ3) is 7.06. The molecule has 0 atom stereocenters. The average molecular weight is 507 g/mol. The number of amides is 2. The Hall–Kier alpha value is -4.88. The zero-order valence-corrected chi connectivity index (χ0v) is 19.6. The predicted molar refractivity (Wildman–Crippen MR) is 134 cm³/mol. The van der Waals surface area contributed by atoms with E-state index in [4.69, 9.17) is 21.1 Å². The van der Waals surface area contributed by atoms with Gasteiger partial charge < -0.3 is 20.1 Å². The summed E-state index contributed by atoms with van der Waals surface area (Å²) in [6, 6.07) is 18.3. The summed E-state index contributed by atoms with van der Waals surface area (Å²) in [5, 5.41) is 25.9. The van der Waals surface area contributed by atoms with Crippen LogP contribution in [0.2, 0.25) is 5.02 Å². The summed E-state index contributed by atoms with van der Waals surface area (Å²) in [6.07, 6.45) is 1.25. The van der Waals surface area contributed by atoms with Gasteiger partial charge in [0.1, 0.15) is 23.1 Å². The molecule has 0 bridgehead atoms. The highest BCUT2D eigenvalue weighted by Gasteiger charge is 2.14. The van der Waals surface area contributed by atoms with E-state index in [1.807, 2.05) is 0 Å². The molecule has 0 spiro atoms. The average Bonchev–Trinajstić information content (AvgIpc) is 2.87. The van der Waals surface area contributed by atoms with E-state index in [2.05, 4.69) is 10.6 Å². The molecule has 3 aromatic rings. The van der Waals surface area contributed by atoms with Crippen molar-refractivity contribution in [3.63, 3.8) is 0 Å². The van der Waals surface area contributed by atoms with E-state index < -0.39 is 16.7 Å². The number of hydrogen-bond acceptors (Lipinski definition) is 7. The molecular weight excluding hydrogens is 488 g/mol. The third-order valence-corrected chi connectivity index (χ3v) is 4.92. The molecule has 36 heavy (non-hydrogen) atoms. The van der Waals surface area contributed by atoms with Crippen LogP contribution in [-0.2, 0) is 9.59 Å². The fraction of sp³-hybridized carbons (Fsp3) is 0.0800. The highest BCUT2D eigenvalue weighted by Crippen LogP contribution is 2.26. The minimum Gasteiger partial charge on any atom is -0.497 e. The van der Waals surface area contributed by atoms with Gasteiger partial charge in [-0.1, -0.05) is 17.7 Å². The number of nitrogens with zero attached hydrogens (tertiary/aromatic N) is 2. The van der Waals surface area contributed by atoms with Gasteiger partial charge in [0.2, 0.25) is 0 Å². The first-order valence-electron chi connectivity index (χ1n) is 10.3. The van der Waals surface area contributed by atoms with Crippen LogP contribution in [0.1, 0.15) is 5.56 Å². The first kappa shape index (κ1) is 25.7. The molecule has 10 nitrogen and oxygen atoms in total. The molecule has 2 N–H and O–H groups in total. The lowest BCUT2D eigenvalue weighted by atomic mass is 10.1. The van der Waals surface area contributed by atoms with Crippen LogP contribution in [0.15, 0.2) is 72.3 Å². The summed E-state index contributed by atoms with van der Waals surface area (Å²) >= 11 is 6.07. The van der Waals surface area contributed by atoms with Crippen molar-refractivity contribution in [1.82, 2.24) is 0 Å². The van der Waals surface area contributed by atoms with Crippen LogP contribution in [0, 0.1) is 21.4 Å². The molecule has 0 unspecified atom stereocenters. The molecule has 3 rings (SSSR count). The molecule has 3 aromatic carbocycles. The van der Waals surface area contributed by atoms with Crippen molar-refractivity contribution in [1.29, 1.82) is 5.26 Å². The Kier molecular flexibility index (Phi) is 8.58. The molecule has 0 heterocycles. The van der Waals surface area contributed by atoms with Gasteiger partial charge in [-0.25, -0.2) is 0 Å². The second-order valence-corrected chi connectivity index (χ2v) is 7.62. The van der Waals surface area contributed by atoms with E-state index in [1.165, 1.54) is 55.7 Å². The van der Waals surface area contributed by atoms with E-state index in [1.54, 1.807) is 30.3 Å². The second-order valence-electron chi connectivity index (χ2n) is 7.18. The number of methoxy groups -OCH3 is 1. The number of halogens is 1. The Morgan fingerprint density at radius 1 is 1.08 bits per heavy atom. The zero-order chi connectivity index (χ0) is 26.1. The van der Waals surface area contributed by atoms with Crippen LogP contribution in [0.4, 0.5) is 17.1 Å². The normalized spacial score (nSPS) is 10.6. The number of benzene rings is 3. The van der Waals surface area contributed by atoms with Crippen molar-refractivity contribution < 1.29 is 24.0 Å². The number of nitrogens with one attached hydrogen (secondary N) is 2. The highest BCUT2D eigenvalue weighted by atomic mass is 35.5. The predicted octanol–water partition coefficient (Wildman–Crippen LogP) is 4.82. The fourth-order valence-electron chi connectivity index (χ4n) is 2.98. The summed E-state index contributed by atoms with van der Waals surface area (Å²) in [7, 11) is 1.54. The van der Waals surface area contributed by atoms with E-state index in [0.717, 1.165) is 0 Å². The number of rotatable bonds is 9. The van der Waals surface area contributed by atoms with E-state index in [9.17, 15) is 25.0 Å². The van der Waals surface area contributed by atoms with Gasteiger partial charge in [-0.15, -0.1) is 0 Å². The minimum absolute atomic E-state index is 0.146. The first-order chi connectivity index (χ1) is 17.3. The van der Waals surface area contributed by atoms with Gasteiger partial charge in [-0.05, 0) is 54.6 Å². The van der Waals surface area contributed by atoms with E-state index in [0.29, 0.717) is 16.5 Å². The summed E-state index contributed by atoms with van der Waals surface area (Å²) in [6.45, 7) is -0.351. The van der Waals surface area contributed by atoms with Gasteiger partial charge in [-0.2, -0.15) is 5.26 Å². The first-order valence-corrected chi connectivity index (χ1v) is 10.7. The Morgan fingerprint density at radius 2 is 1.83 bits per heavy atom. The van der Waals surface area contributed by atoms with Crippen LogP contribution < -0.4 is 20.1 Å². The number of hydrogen-bond donors (Lipinski definition) is 2. The van der Waals surface area contributed by atoms with Gasteiger partial charge in [0, 0.05) is 34.1 Å². The number of nitriles is 1. The number of carbonyl (C=O) groups excluding carboxylic acids is 2. The molecular formula is C25H19ClN4O6. The maximum Gasteiger partial charge on any atom is 0.271 e. The molecule has 0 aliphatic heterocycles. The topological polar surface area (TPSA) is 144 Å². The fourth-order valence-corrected chi connectivity index (χ4v) is 3.16. The maximum atomic E-state index is 12.6. The minimum atomic E-state index is -0.791. The van der Waals surface area contributed by atoms with Gasteiger partial charge in [0.15, 0.2) is 6.61 Å². The summed E-state index contributed by atoms with van der Waals surface area (Å²) < 4.78 is 10.7. The molecule has 0 saturated heterocycles. The van der Waals surface area contributed by atoms with Crippen molar-refractivity contribution in [2.45, 2.75) is 0 Å². The number of anilines is 2. The standard InChI is InChI=1S/C25H19ClN4O6/c1-35-22-8-6-19(7-9-22)28-24(31)15-36-23-10-5-18(26)12-16(23)11-17(14-27)25(32)29-20-3-2-4-21(13-20)30(33)34/h2-13H,15H2,1H3,(H,28,31)(H,29,32)/b17-11-. The van der Waals surface area contributed by atoms with Crippen molar-refractivity contribution in [2.24, 2.45) is 0 Å². The Labute approximate surface area is 210 Å². The number of ether oxygens (including phenoxy) is 2. The Balaban J connectivity index is 1.73.